The minimum atomic E-state index is -0.947. The standard InChI is InChI=1S/C28H28N2O6S/c1-5-6-15-36-21-13-7-18(8-14-21)23-22(24(32)19-9-11-20(35-4)12-10-19)25(33)27(34)30(23)28-29-16(2)26(37-28)17(3)31/h7-14,23,32H,5-6,15H2,1-4H3/t23-/m1/s1. The second-order valence-corrected chi connectivity index (χ2v) is 9.61. The first kappa shape index (κ1) is 26.1. The van der Waals surface area contributed by atoms with Gasteiger partial charge in [-0.25, -0.2) is 4.98 Å². The minimum absolute atomic E-state index is 0.0629. The van der Waals surface area contributed by atoms with Gasteiger partial charge in [0, 0.05) is 12.5 Å². The van der Waals surface area contributed by atoms with Gasteiger partial charge < -0.3 is 14.6 Å². The van der Waals surface area contributed by atoms with Crippen molar-refractivity contribution in [2.45, 2.75) is 39.7 Å². The van der Waals surface area contributed by atoms with Gasteiger partial charge in [-0.15, -0.1) is 0 Å². The van der Waals surface area contributed by atoms with Gasteiger partial charge in [-0.3, -0.25) is 19.3 Å². The first-order chi connectivity index (χ1) is 17.8. The molecule has 1 aromatic heterocycles. The van der Waals surface area contributed by atoms with Gasteiger partial charge in [0.05, 0.1) is 35.9 Å². The number of nitrogens with zero attached hydrogens (tertiary/aromatic N) is 2. The SMILES string of the molecule is CCCCOc1ccc([C@@H]2C(=C(O)c3ccc(OC)cc3)C(=O)C(=O)N2c2nc(C)c(C(C)=O)s2)cc1. The molecule has 1 aliphatic rings. The molecular formula is C28H28N2O6S. The number of thiazole rings is 1. The van der Waals surface area contributed by atoms with E-state index in [0.717, 1.165) is 24.2 Å². The zero-order valence-electron chi connectivity index (χ0n) is 21.1. The molecule has 1 saturated heterocycles. The number of unbranched alkanes of at least 4 members (excludes halogenated alkanes) is 1. The van der Waals surface area contributed by atoms with Crippen molar-refractivity contribution >= 4 is 39.7 Å². The molecule has 2 aromatic carbocycles. The van der Waals surface area contributed by atoms with E-state index in [2.05, 4.69) is 11.9 Å². The molecule has 1 aliphatic heterocycles. The molecule has 37 heavy (non-hydrogen) atoms. The number of hydrogen-bond donors (Lipinski definition) is 1. The van der Waals surface area contributed by atoms with Crippen LogP contribution in [-0.4, -0.2) is 41.3 Å². The van der Waals surface area contributed by atoms with Gasteiger partial charge in [-0.05, 0) is 55.3 Å². The number of ether oxygens (including phenoxy) is 2. The van der Waals surface area contributed by atoms with E-state index in [4.69, 9.17) is 9.47 Å². The maximum absolute atomic E-state index is 13.3. The number of hydrogen-bond acceptors (Lipinski definition) is 8. The lowest BCUT2D eigenvalue weighted by atomic mass is 9.95. The summed E-state index contributed by atoms with van der Waals surface area (Å²) in [6.45, 7) is 5.77. The maximum atomic E-state index is 13.3. The highest BCUT2D eigenvalue weighted by Crippen LogP contribution is 2.44. The number of aromatic nitrogens is 1. The van der Waals surface area contributed by atoms with E-state index in [1.165, 1.54) is 18.9 Å². The molecule has 0 aliphatic carbocycles. The maximum Gasteiger partial charge on any atom is 0.301 e. The van der Waals surface area contributed by atoms with Gasteiger partial charge >= 0.3 is 5.91 Å². The number of carbonyl (C=O) groups is 3. The normalized spacial score (nSPS) is 16.8. The Hall–Kier alpha value is -3.98. The van der Waals surface area contributed by atoms with Gasteiger partial charge in [0.2, 0.25) is 0 Å². The average Bonchev–Trinajstić information content (AvgIpc) is 3.41. The topological polar surface area (TPSA) is 106 Å². The van der Waals surface area contributed by atoms with Crippen LogP contribution in [0.15, 0.2) is 54.1 Å². The first-order valence-electron chi connectivity index (χ1n) is 11.9. The Kier molecular flexibility index (Phi) is 7.73. The third-order valence-electron chi connectivity index (χ3n) is 6.08. The number of benzene rings is 2. The highest BCUT2D eigenvalue weighted by atomic mass is 32.1. The Balaban J connectivity index is 1.84. The Bertz CT molecular complexity index is 1360. The van der Waals surface area contributed by atoms with Crippen LogP contribution in [0.3, 0.4) is 0 Å². The van der Waals surface area contributed by atoms with Crippen LogP contribution in [-0.2, 0) is 9.59 Å². The van der Waals surface area contributed by atoms with E-state index in [1.807, 2.05) is 0 Å². The summed E-state index contributed by atoms with van der Waals surface area (Å²) in [7, 11) is 1.53. The molecule has 0 spiro atoms. The molecule has 1 fully saturated rings. The fraction of sp³-hybridized carbons (Fsp3) is 0.286. The number of aliphatic hydroxyl groups is 1. The van der Waals surface area contributed by atoms with Gasteiger partial charge in [-0.1, -0.05) is 36.8 Å². The molecule has 1 amide bonds. The van der Waals surface area contributed by atoms with Crippen LogP contribution < -0.4 is 14.4 Å². The number of aliphatic hydroxyl groups excluding tert-OH is 1. The molecule has 8 nitrogen and oxygen atoms in total. The smallest absolute Gasteiger partial charge is 0.301 e. The molecule has 1 N–H and O–H groups in total. The largest absolute Gasteiger partial charge is 0.507 e. The zero-order chi connectivity index (χ0) is 26.7. The van der Waals surface area contributed by atoms with Crippen molar-refractivity contribution < 1.29 is 29.0 Å². The molecule has 0 unspecified atom stereocenters. The van der Waals surface area contributed by atoms with Crippen molar-refractivity contribution in [3.8, 4) is 11.5 Å². The van der Waals surface area contributed by atoms with Crippen molar-refractivity contribution in [1.82, 2.24) is 4.98 Å². The fourth-order valence-corrected chi connectivity index (χ4v) is 5.13. The van der Waals surface area contributed by atoms with Crippen LogP contribution in [0.5, 0.6) is 11.5 Å². The number of rotatable bonds is 9. The molecule has 192 valence electrons. The number of amides is 1. The van der Waals surface area contributed by atoms with Crippen molar-refractivity contribution in [3.05, 3.63) is 75.8 Å². The van der Waals surface area contributed by atoms with E-state index in [9.17, 15) is 19.5 Å². The van der Waals surface area contributed by atoms with E-state index >= 15 is 0 Å². The predicted octanol–water partition coefficient (Wildman–Crippen LogP) is 5.47. The lowest BCUT2D eigenvalue weighted by Crippen LogP contribution is -2.29. The number of methoxy groups -OCH3 is 1. The van der Waals surface area contributed by atoms with Crippen molar-refractivity contribution in [2.75, 3.05) is 18.6 Å². The summed E-state index contributed by atoms with van der Waals surface area (Å²) in [5.74, 6) is -0.903. The lowest BCUT2D eigenvalue weighted by Gasteiger charge is -2.23. The number of anilines is 1. The molecular weight excluding hydrogens is 492 g/mol. The summed E-state index contributed by atoms with van der Waals surface area (Å²) >= 11 is 1.05. The average molecular weight is 521 g/mol. The molecule has 3 aromatic rings. The van der Waals surface area contributed by atoms with Crippen LogP contribution >= 0.6 is 11.3 Å². The highest BCUT2D eigenvalue weighted by molar-refractivity contribution is 7.18. The number of Topliss-reactive ketones (excluding diaryl/α,β-unsaturated/α-hetero) is 2. The van der Waals surface area contributed by atoms with Crippen molar-refractivity contribution in [3.63, 3.8) is 0 Å². The summed E-state index contributed by atoms with van der Waals surface area (Å²) < 4.78 is 10.9. The first-order valence-corrected chi connectivity index (χ1v) is 12.7. The van der Waals surface area contributed by atoms with Crippen molar-refractivity contribution in [1.29, 1.82) is 0 Å². The summed E-state index contributed by atoms with van der Waals surface area (Å²) in [6, 6.07) is 12.7. The summed E-state index contributed by atoms with van der Waals surface area (Å²) in [5, 5.41) is 11.5. The molecule has 0 bridgehead atoms. The predicted molar refractivity (Wildman–Crippen MR) is 141 cm³/mol. The Morgan fingerprint density at radius 3 is 2.30 bits per heavy atom. The second-order valence-electron chi connectivity index (χ2n) is 8.64. The third-order valence-corrected chi connectivity index (χ3v) is 7.34. The number of aryl methyl sites for hydroxylation is 1. The van der Waals surface area contributed by atoms with E-state index in [1.54, 1.807) is 55.5 Å². The van der Waals surface area contributed by atoms with Crippen molar-refractivity contribution in [2.24, 2.45) is 0 Å². The molecule has 1 atom stereocenters. The lowest BCUT2D eigenvalue weighted by molar-refractivity contribution is -0.132. The Labute approximate surface area is 219 Å². The fourth-order valence-electron chi connectivity index (χ4n) is 4.14. The molecule has 0 saturated carbocycles. The molecule has 4 rings (SSSR count). The van der Waals surface area contributed by atoms with Crippen LogP contribution in [0.1, 0.15) is 59.2 Å². The Morgan fingerprint density at radius 1 is 1.08 bits per heavy atom. The van der Waals surface area contributed by atoms with E-state index in [0.29, 0.717) is 39.8 Å². The summed E-state index contributed by atoms with van der Waals surface area (Å²) in [5.41, 5.74) is 1.37. The molecule has 2 heterocycles. The highest BCUT2D eigenvalue weighted by Gasteiger charge is 2.48. The molecule has 9 heteroatoms. The van der Waals surface area contributed by atoms with Gasteiger partial charge in [-0.2, -0.15) is 0 Å². The summed E-state index contributed by atoms with van der Waals surface area (Å²) in [6.07, 6.45) is 1.93. The summed E-state index contributed by atoms with van der Waals surface area (Å²) in [4.78, 5) is 44.8. The van der Waals surface area contributed by atoms with Gasteiger partial charge in [0.15, 0.2) is 10.9 Å². The monoisotopic (exact) mass is 520 g/mol. The van der Waals surface area contributed by atoms with Crippen LogP contribution in [0.2, 0.25) is 0 Å². The quantitative estimate of drug-likeness (QED) is 0.131. The van der Waals surface area contributed by atoms with Crippen LogP contribution in [0.25, 0.3) is 5.76 Å². The van der Waals surface area contributed by atoms with E-state index in [-0.39, 0.29) is 22.2 Å². The van der Waals surface area contributed by atoms with Crippen LogP contribution in [0, 0.1) is 6.92 Å². The van der Waals surface area contributed by atoms with Gasteiger partial charge in [0.1, 0.15) is 17.3 Å². The molecule has 0 radical (unpaired) electrons. The zero-order valence-corrected chi connectivity index (χ0v) is 21.9. The second kappa shape index (κ2) is 11.0. The van der Waals surface area contributed by atoms with Gasteiger partial charge in [0.25, 0.3) is 5.78 Å². The number of carbonyl (C=O) groups excluding carboxylic acids is 3. The third kappa shape index (κ3) is 5.13. The van der Waals surface area contributed by atoms with Crippen LogP contribution in [0.4, 0.5) is 5.13 Å². The minimum Gasteiger partial charge on any atom is -0.507 e. The Morgan fingerprint density at radius 2 is 1.73 bits per heavy atom. The number of ketones is 2. The van der Waals surface area contributed by atoms with E-state index < -0.39 is 17.7 Å².